The molecule has 26 heavy (non-hydrogen) atoms. The number of carbonyl (C=O) groups is 1. The molecule has 0 saturated carbocycles. The van der Waals surface area contributed by atoms with Gasteiger partial charge < -0.3 is 9.30 Å². The Labute approximate surface area is 154 Å². The van der Waals surface area contributed by atoms with Crippen LogP contribution in [0.5, 0.6) is 0 Å². The number of hydrogen-bond donors (Lipinski definition) is 0. The Hall–Kier alpha value is -2.51. The van der Waals surface area contributed by atoms with Crippen LogP contribution in [-0.4, -0.2) is 34.7 Å². The monoisotopic (exact) mass is 369 g/mol. The minimum atomic E-state index is -0.225. The summed E-state index contributed by atoms with van der Waals surface area (Å²) in [5, 5.41) is 0.632. The van der Waals surface area contributed by atoms with E-state index in [9.17, 15) is 9.59 Å². The van der Waals surface area contributed by atoms with Crippen molar-refractivity contribution in [2.75, 3.05) is 18.1 Å². The largest absolute Gasteiger partial charge is 0.376 e. The molecule has 0 N–H and O–H groups in total. The summed E-state index contributed by atoms with van der Waals surface area (Å²) < 4.78 is 8.19. The van der Waals surface area contributed by atoms with Crippen LogP contribution < -0.4 is 10.5 Å². The Kier molecular flexibility index (Phi) is 4.57. The van der Waals surface area contributed by atoms with Gasteiger partial charge in [-0.05, 0) is 31.0 Å². The van der Waals surface area contributed by atoms with E-state index in [2.05, 4.69) is 4.98 Å². The molecular weight excluding hydrogens is 350 g/mol. The SMILES string of the molecule is Cn1ccc(C(=O)N(CC2CCCO2)c2nc3ccccc3s2)cc1=O. The Morgan fingerprint density at radius 1 is 1.38 bits per heavy atom. The highest BCUT2D eigenvalue weighted by Crippen LogP contribution is 2.30. The number of thiazole rings is 1. The van der Waals surface area contributed by atoms with Crippen molar-refractivity contribution in [3.63, 3.8) is 0 Å². The summed E-state index contributed by atoms with van der Waals surface area (Å²) in [5.74, 6) is -0.225. The van der Waals surface area contributed by atoms with Gasteiger partial charge in [0.25, 0.3) is 11.5 Å². The summed E-state index contributed by atoms with van der Waals surface area (Å²) in [6.45, 7) is 1.16. The van der Waals surface area contributed by atoms with Gasteiger partial charge in [-0.2, -0.15) is 0 Å². The maximum Gasteiger partial charge on any atom is 0.260 e. The normalized spacial score (nSPS) is 16.9. The second-order valence-corrected chi connectivity index (χ2v) is 7.39. The van der Waals surface area contributed by atoms with Crippen molar-refractivity contribution < 1.29 is 9.53 Å². The number of pyridine rings is 1. The Morgan fingerprint density at radius 3 is 2.96 bits per heavy atom. The second-order valence-electron chi connectivity index (χ2n) is 6.38. The van der Waals surface area contributed by atoms with Gasteiger partial charge in [0.1, 0.15) is 0 Å². The van der Waals surface area contributed by atoms with E-state index >= 15 is 0 Å². The van der Waals surface area contributed by atoms with Gasteiger partial charge in [-0.1, -0.05) is 23.5 Å². The number of nitrogens with zero attached hydrogens (tertiary/aromatic N) is 3. The van der Waals surface area contributed by atoms with Crippen molar-refractivity contribution >= 4 is 32.6 Å². The maximum absolute atomic E-state index is 13.2. The zero-order valence-corrected chi connectivity index (χ0v) is 15.2. The Balaban J connectivity index is 1.72. The van der Waals surface area contributed by atoms with Gasteiger partial charge >= 0.3 is 0 Å². The molecule has 1 amide bonds. The molecular formula is C19H19N3O3S. The first-order valence-corrected chi connectivity index (χ1v) is 9.39. The number of carbonyl (C=O) groups excluding carboxylic acids is 1. The summed E-state index contributed by atoms with van der Waals surface area (Å²) in [4.78, 5) is 31.4. The maximum atomic E-state index is 13.2. The van der Waals surface area contributed by atoms with E-state index in [0.29, 0.717) is 17.2 Å². The zero-order valence-electron chi connectivity index (χ0n) is 14.4. The molecule has 7 heteroatoms. The van der Waals surface area contributed by atoms with Gasteiger partial charge in [0.2, 0.25) is 0 Å². The van der Waals surface area contributed by atoms with Gasteiger partial charge in [0.15, 0.2) is 5.13 Å². The predicted molar refractivity (Wildman–Crippen MR) is 102 cm³/mol. The zero-order chi connectivity index (χ0) is 18.1. The fourth-order valence-electron chi connectivity index (χ4n) is 3.05. The first-order chi connectivity index (χ1) is 12.6. The van der Waals surface area contributed by atoms with Crippen LogP contribution in [0.4, 0.5) is 5.13 Å². The van der Waals surface area contributed by atoms with E-state index in [1.54, 1.807) is 24.2 Å². The quantitative estimate of drug-likeness (QED) is 0.709. The number of fused-ring (bicyclic) bond motifs is 1. The van der Waals surface area contributed by atoms with Gasteiger partial charge in [0.05, 0.1) is 22.9 Å². The molecule has 6 nitrogen and oxygen atoms in total. The molecule has 1 atom stereocenters. The molecule has 1 aromatic carbocycles. The molecule has 134 valence electrons. The van der Waals surface area contributed by atoms with E-state index in [1.807, 2.05) is 24.3 Å². The first-order valence-electron chi connectivity index (χ1n) is 8.57. The van der Waals surface area contributed by atoms with Crippen molar-refractivity contribution in [2.24, 2.45) is 7.05 Å². The lowest BCUT2D eigenvalue weighted by molar-refractivity contribution is 0.0917. The van der Waals surface area contributed by atoms with Crippen molar-refractivity contribution in [3.8, 4) is 0 Å². The van der Waals surface area contributed by atoms with E-state index in [4.69, 9.17) is 4.74 Å². The molecule has 3 heterocycles. The molecule has 0 radical (unpaired) electrons. The third kappa shape index (κ3) is 3.27. The van der Waals surface area contributed by atoms with E-state index < -0.39 is 0 Å². The third-order valence-electron chi connectivity index (χ3n) is 4.52. The summed E-state index contributed by atoms with van der Waals surface area (Å²) in [5.41, 5.74) is 1.02. The van der Waals surface area contributed by atoms with E-state index in [0.717, 1.165) is 29.7 Å². The number of aryl methyl sites for hydroxylation is 1. The van der Waals surface area contributed by atoms with Crippen molar-refractivity contribution in [2.45, 2.75) is 18.9 Å². The van der Waals surface area contributed by atoms with E-state index in [-0.39, 0.29) is 17.6 Å². The Morgan fingerprint density at radius 2 is 2.23 bits per heavy atom. The molecule has 1 fully saturated rings. The van der Waals surface area contributed by atoms with Crippen LogP contribution in [0.2, 0.25) is 0 Å². The molecule has 3 aromatic rings. The minimum Gasteiger partial charge on any atom is -0.376 e. The van der Waals surface area contributed by atoms with Gasteiger partial charge in [-0.25, -0.2) is 4.98 Å². The molecule has 0 bridgehead atoms. The lowest BCUT2D eigenvalue weighted by Crippen LogP contribution is -2.38. The number of hydrogen-bond acceptors (Lipinski definition) is 5. The van der Waals surface area contributed by atoms with Gasteiger partial charge in [-0.15, -0.1) is 0 Å². The number of aromatic nitrogens is 2. The van der Waals surface area contributed by atoms with Crippen molar-refractivity contribution in [1.29, 1.82) is 0 Å². The standard InChI is InChI=1S/C19H19N3O3S/c1-21-9-8-13(11-17(21)23)18(24)22(12-14-5-4-10-25-14)19-20-15-6-2-3-7-16(15)26-19/h2-3,6-9,11,14H,4-5,10,12H2,1H3. The lowest BCUT2D eigenvalue weighted by Gasteiger charge is -2.23. The Bertz CT molecular complexity index is 971. The highest BCUT2D eigenvalue weighted by molar-refractivity contribution is 7.22. The molecule has 1 aliphatic rings. The number of anilines is 1. The minimum absolute atomic E-state index is 0.00231. The van der Waals surface area contributed by atoms with Crippen LogP contribution in [0.25, 0.3) is 10.2 Å². The third-order valence-corrected chi connectivity index (χ3v) is 5.58. The van der Waals surface area contributed by atoms with Crippen LogP contribution in [0.3, 0.4) is 0 Å². The highest BCUT2D eigenvalue weighted by atomic mass is 32.1. The summed E-state index contributed by atoms with van der Waals surface area (Å²) in [6, 6.07) is 10.8. The van der Waals surface area contributed by atoms with Crippen LogP contribution in [0.1, 0.15) is 23.2 Å². The van der Waals surface area contributed by atoms with Crippen LogP contribution in [0.15, 0.2) is 47.4 Å². The lowest BCUT2D eigenvalue weighted by atomic mass is 10.2. The summed E-state index contributed by atoms with van der Waals surface area (Å²) in [6.07, 6.45) is 3.53. The molecule has 0 aliphatic carbocycles. The fourth-order valence-corrected chi connectivity index (χ4v) is 4.03. The van der Waals surface area contributed by atoms with E-state index in [1.165, 1.54) is 22.0 Å². The average Bonchev–Trinajstić information content (AvgIpc) is 3.30. The molecule has 0 spiro atoms. The molecule has 1 saturated heterocycles. The predicted octanol–water partition coefficient (Wildman–Crippen LogP) is 2.82. The molecule has 2 aromatic heterocycles. The van der Waals surface area contributed by atoms with Crippen LogP contribution >= 0.6 is 11.3 Å². The number of ether oxygens (including phenoxy) is 1. The number of para-hydroxylation sites is 1. The van der Waals surface area contributed by atoms with Gasteiger partial charge in [-0.3, -0.25) is 14.5 Å². The number of rotatable bonds is 4. The number of amides is 1. The highest BCUT2D eigenvalue weighted by Gasteiger charge is 2.27. The number of benzene rings is 1. The summed E-state index contributed by atoms with van der Waals surface area (Å²) in [7, 11) is 1.66. The first kappa shape index (κ1) is 16.9. The van der Waals surface area contributed by atoms with Crippen molar-refractivity contribution in [3.05, 3.63) is 58.5 Å². The smallest absolute Gasteiger partial charge is 0.260 e. The molecule has 4 rings (SSSR count). The van der Waals surface area contributed by atoms with Crippen LogP contribution in [-0.2, 0) is 11.8 Å². The van der Waals surface area contributed by atoms with Crippen LogP contribution in [0, 0.1) is 0 Å². The average molecular weight is 369 g/mol. The molecule has 1 unspecified atom stereocenters. The topological polar surface area (TPSA) is 64.4 Å². The van der Waals surface area contributed by atoms with Crippen molar-refractivity contribution in [1.82, 2.24) is 9.55 Å². The molecule has 1 aliphatic heterocycles. The van der Waals surface area contributed by atoms with Gasteiger partial charge in [0, 0.05) is 31.5 Å². The fraction of sp³-hybridized carbons (Fsp3) is 0.316. The summed E-state index contributed by atoms with van der Waals surface area (Å²) >= 11 is 1.47. The second kappa shape index (κ2) is 7.01.